The zero-order chi connectivity index (χ0) is 9.97. The number of nitrogens with one attached hydrogen (secondary N) is 2. The molecule has 1 atom stereocenters. The lowest BCUT2D eigenvalue weighted by molar-refractivity contribution is 0.0755. The Kier molecular flexibility index (Phi) is 2.60. The Morgan fingerprint density at radius 2 is 2.50 bits per heavy atom. The van der Waals surface area contributed by atoms with E-state index in [1.807, 2.05) is 0 Å². The van der Waals surface area contributed by atoms with Crippen LogP contribution < -0.4 is 10.9 Å². The molecule has 76 valence electrons. The van der Waals surface area contributed by atoms with Crippen LogP contribution in [0.5, 0.6) is 0 Å². The maximum Gasteiger partial charge on any atom is 0.251 e. The van der Waals surface area contributed by atoms with E-state index in [1.165, 1.54) is 6.07 Å². The highest BCUT2D eigenvalue weighted by Gasteiger charge is 2.16. The molecular formula is C9H13N3O2. The van der Waals surface area contributed by atoms with Crippen LogP contribution in [0.1, 0.15) is 17.6 Å². The highest BCUT2D eigenvalue weighted by molar-refractivity contribution is 5.08. The first-order valence-electron chi connectivity index (χ1n) is 4.65. The minimum atomic E-state index is -0.111. The molecule has 0 spiro atoms. The van der Waals surface area contributed by atoms with Crippen molar-refractivity contribution in [1.82, 2.24) is 15.3 Å². The minimum Gasteiger partial charge on any atom is -0.378 e. The molecule has 5 nitrogen and oxygen atoms in total. The van der Waals surface area contributed by atoms with Crippen molar-refractivity contribution in [2.24, 2.45) is 0 Å². The highest BCUT2D eigenvalue weighted by atomic mass is 16.5. The number of morpholine rings is 1. The molecule has 1 aliphatic rings. The summed E-state index contributed by atoms with van der Waals surface area (Å²) >= 11 is 0. The smallest absolute Gasteiger partial charge is 0.251 e. The number of hydrogen-bond donors (Lipinski definition) is 2. The SMILES string of the molecule is Cc1nc(C2COCCN2)cc(=O)[nH]1. The van der Waals surface area contributed by atoms with Gasteiger partial charge >= 0.3 is 0 Å². The maximum absolute atomic E-state index is 11.2. The predicted molar refractivity (Wildman–Crippen MR) is 51.2 cm³/mol. The average molecular weight is 195 g/mol. The van der Waals surface area contributed by atoms with Crippen LogP contribution in [0.15, 0.2) is 10.9 Å². The van der Waals surface area contributed by atoms with Crippen molar-refractivity contribution < 1.29 is 4.74 Å². The topological polar surface area (TPSA) is 67.0 Å². The van der Waals surface area contributed by atoms with Gasteiger partial charge in [0, 0.05) is 12.6 Å². The highest BCUT2D eigenvalue weighted by Crippen LogP contribution is 2.10. The molecule has 0 aromatic carbocycles. The molecule has 1 unspecified atom stereocenters. The lowest BCUT2D eigenvalue weighted by Gasteiger charge is -2.23. The number of hydrogen-bond acceptors (Lipinski definition) is 4. The first kappa shape index (κ1) is 9.36. The third kappa shape index (κ3) is 2.00. The molecule has 0 radical (unpaired) electrons. The first-order chi connectivity index (χ1) is 6.75. The van der Waals surface area contributed by atoms with Crippen LogP contribution in [-0.2, 0) is 4.74 Å². The molecule has 2 rings (SSSR count). The predicted octanol–water partition coefficient (Wildman–Crippen LogP) is -0.261. The van der Waals surface area contributed by atoms with Gasteiger partial charge in [0.25, 0.3) is 5.56 Å². The van der Waals surface area contributed by atoms with Crippen LogP contribution >= 0.6 is 0 Å². The van der Waals surface area contributed by atoms with Crippen molar-refractivity contribution >= 4 is 0 Å². The Bertz CT molecular complexity index is 369. The van der Waals surface area contributed by atoms with Gasteiger partial charge in [0.15, 0.2) is 0 Å². The fourth-order valence-electron chi connectivity index (χ4n) is 1.54. The summed E-state index contributed by atoms with van der Waals surface area (Å²) in [6.07, 6.45) is 0. The van der Waals surface area contributed by atoms with Crippen LogP contribution in [0.2, 0.25) is 0 Å². The van der Waals surface area contributed by atoms with Gasteiger partial charge in [-0.1, -0.05) is 0 Å². The van der Waals surface area contributed by atoms with Gasteiger partial charge < -0.3 is 15.0 Å². The summed E-state index contributed by atoms with van der Waals surface area (Å²) in [4.78, 5) is 18.1. The third-order valence-electron chi connectivity index (χ3n) is 2.16. The van der Waals surface area contributed by atoms with Gasteiger partial charge in [-0.05, 0) is 6.92 Å². The van der Waals surface area contributed by atoms with Crippen molar-refractivity contribution in [2.75, 3.05) is 19.8 Å². The maximum atomic E-state index is 11.2. The largest absolute Gasteiger partial charge is 0.378 e. The second-order valence-corrected chi connectivity index (χ2v) is 3.34. The molecule has 0 aliphatic carbocycles. The molecule has 1 aliphatic heterocycles. The molecule has 0 bridgehead atoms. The summed E-state index contributed by atoms with van der Waals surface area (Å²) in [7, 11) is 0. The number of nitrogens with zero attached hydrogens (tertiary/aromatic N) is 1. The molecule has 0 amide bonds. The zero-order valence-corrected chi connectivity index (χ0v) is 8.04. The van der Waals surface area contributed by atoms with Crippen LogP contribution in [0.4, 0.5) is 0 Å². The standard InChI is InChI=1S/C9H13N3O2/c1-6-11-7(4-9(13)12-6)8-5-14-3-2-10-8/h4,8,10H,2-3,5H2,1H3,(H,11,12,13). The minimum absolute atomic E-state index is 0.0461. The van der Waals surface area contributed by atoms with E-state index in [0.717, 1.165) is 18.8 Å². The van der Waals surface area contributed by atoms with Gasteiger partial charge in [-0.2, -0.15) is 0 Å². The fraction of sp³-hybridized carbons (Fsp3) is 0.556. The van der Waals surface area contributed by atoms with Gasteiger partial charge in [-0.15, -0.1) is 0 Å². The van der Waals surface area contributed by atoms with E-state index in [-0.39, 0.29) is 11.6 Å². The molecule has 2 heterocycles. The molecule has 1 saturated heterocycles. The zero-order valence-electron chi connectivity index (χ0n) is 8.04. The third-order valence-corrected chi connectivity index (χ3v) is 2.16. The second kappa shape index (κ2) is 3.89. The number of aromatic amines is 1. The van der Waals surface area contributed by atoms with E-state index in [4.69, 9.17) is 4.74 Å². The van der Waals surface area contributed by atoms with Gasteiger partial charge in [0.05, 0.1) is 24.9 Å². The number of ether oxygens (including phenoxy) is 1. The average Bonchev–Trinajstić information content (AvgIpc) is 2.18. The van der Waals surface area contributed by atoms with Crippen molar-refractivity contribution in [2.45, 2.75) is 13.0 Å². The summed E-state index contributed by atoms with van der Waals surface area (Å²) in [6, 6.07) is 1.56. The van der Waals surface area contributed by atoms with Gasteiger partial charge in [0.1, 0.15) is 5.82 Å². The lowest BCUT2D eigenvalue weighted by atomic mass is 10.2. The Hall–Kier alpha value is -1.20. The fourth-order valence-corrected chi connectivity index (χ4v) is 1.54. The molecule has 5 heteroatoms. The summed E-state index contributed by atoms with van der Waals surface area (Å²) in [5.74, 6) is 0.639. The Morgan fingerprint density at radius 1 is 1.64 bits per heavy atom. The van der Waals surface area contributed by atoms with Crippen molar-refractivity contribution in [3.63, 3.8) is 0 Å². The summed E-state index contributed by atoms with van der Waals surface area (Å²) < 4.78 is 5.30. The van der Waals surface area contributed by atoms with Crippen LogP contribution in [-0.4, -0.2) is 29.7 Å². The quantitative estimate of drug-likeness (QED) is 0.648. The van der Waals surface area contributed by atoms with Crippen LogP contribution in [0.25, 0.3) is 0 Å². The van der Waals surface area contributed by atoms with Crippen molar-refractivity contribution in [3.05, 3.63) is 27.9 Å². The molecule has 1 aromatic rings. The van der Waals surface area contributed by atoms with E-state index in [2.05, 4.69) is 15.3 Å². The van der Waals surface area contributed by atoms with E-state index in [1.54, 1.807) is 6.92 Å². The summed E-state index contributed by atoms with van der Waals surface area (Å²) in [5.41, 5.74) is 0.644. The molecule has 14 heavy (non-hydrogen) atoms. The first-order valence-corrected chi connectivity index (χ1v) is 4.65. The van der Waals surface area contributed by atoms with Crippen molar-refractivity contribution in [1.29, 1.82) is 0 Å². The van der Waals surface area contributed by atoms with Gasteiger partial charge in [-0.3, -0.25) is 4.79 Å². The van der Waals surface area contributed by atoms with E-state index in [9.17, 15) is 4.79 Å². The van der Waals surface area contributed by atoms with Crippen molar-refractivity contribution in [3.8, 4) is 0 Å². The van der Waals surface area contributed by atoms with E-state index >= 15 is 0 Å². The number of rotatable bonds is 1. The molecular weight excluding hydrogens is 182 g/mol. The van der Waals surface area contributed by atoms with Gasteiger partial charge in [-0.25, -0.2) is 4.98 Å². The second-order valence-electron chi connectivity index (χ2n) is 3.34. The normalized spacial score (nSPS) is 22.2. The number of H-pyrrole nitrogens is 1. The van der Waals surface area contributed by atoms with E-state index < -0.39 is 0 Å². The Morgan fingerprint density at radius 3 is 3.14 bits per heavy atom. The number of aromatic nitrogens is 2. The monoisotopic (exact) mass is 195 g/mol. The lowest BCUT2D eigenvalue weighted by Crippen LogP contribution is -2.35. The van der Waals surface area contributed by atoms with Crippen LogP contribution in [0.3, 0.4) is 0 Å². The summed E-state index contributed by atoms with van der Waals surface area (Å²) in [5, 5.41) is 3.25. The molecule has 0 saturated carbocycles. The Balaban J connectivity index is 2.26. The van der Waals surface area contributed by atoms with Crippen LogP contribution in [0, 0.1) is 6.92 Å². The molecule has 1 aromatic heterocycles. The van der Waals surface area contributed by atoms with E-state index in [0.29, 0.717) is 12.4 Å². The molecule has 1 fully saturated rings. The van der Waals surface area contributed by atoms with Gasteiger partial charge in [0.2, 0.25) is 0 Å². The Labute approximate surface area is 81.5 Å². The molecule has 2 N–H and O–H groups in total. The number of aryl methyl sites for hydroxylation is 1. The summed E-state index contributed by atoms with van der Waals surface area (Å²) in [6.45, 7) is 3.88.